The summed E-state index contributed by atoms with van der Waals surface area (Å²) in [7, 11) is 0. The van der Waals surface area contributed by atoms with Crippen molar-refractivity contribution in [3.63, 3.8) is 0 Å². The Morgan fingerprint density at radius 2 is 2.04 bits per heavy atom. The molecule has 27 heavy (non-hydrogen) atoms. The van der Waals surface area contributed by atoms with Crippen LogP contribution in [-0.2, 0) is 4.79 Å². The van der Waals surface area contributed by atoms with Gasteiger partial charge in [-0.3, -0.25) is 14.6 Å². The monoisotopic (exact) mass is 370 g/mol. The van der Waals surface area contributed by atoms with Crippen LogP contribution in [0, 0.1) is 19.3 Å². The van der Waals surface area contributed by atoms with Crippen molar-refractivity contribution in [3.8, 4) is 0 Å². The molecule has 1 saturated heterocycles. The standard InChI is InChI=1S/C21H26N2O4/c1-4-8-21(20(26)27)12-23(9-7-18(21)24)19(25)15-5-6-16-13(2)10-14(3)22-17(16)11-15/h5-6,10-11,18,24H,4,7-9,12H2,1-3H3,(H,26,27)/t18-,21+/m0/s1. The number of aliphatic hydroxyl groups excluding tert-OH is 1. The molecule has 1 aliphatic heterocycles. The molecule has 2 aromatic rings. The number of aryl methyl sites for hydroxylation is 2. The average Bonchev–Trinajstić information content (AvgIpc) is 2.62. The molecule has 1 amide bonds. The predicted octanol–water partition coefficient (Wildman–Crippen LogP) is 2.93. The minimum atomic E-state index is -1.30. The van der Waals surface area contributed by atoms with E-state index in [-0.39, 0.29) is 18.9 Å². The smallest absolute Gasteiger partial charge is 0.314 e. The summed E-state index contributed by atoms with van der Waals surface area (Å²) in [5.41, 5.74) is 1.94. The molecule has 0 spiro atoms. The van der Waals surface area contributed by atoms with E-state index in [1.165, 1.54) is 0 Å². The Bertz CT molecular complexity index is 895. The first-order valence-corrected chi connectivity index (χ1v) is 9.37. The van der Waals surface area contributed by atoms with Crippen LogP contribution in [-0.4, -0.2) is 51.2 Å². The highest BCUT2D eigenvalue weighted by Gasteiger charge is 2.49. The minimum absolute atomic E-state index is 0.0223. The number of rotatable bonds is 4. The van der Waals surface area contributed by atoms with Crippen molar-refractivity contribution in [1.29, 1.82) is 0 Å². The van der Waals surface area contributed by atoms with E-state index in [9.17, 15) is 19.8 Å². The third-order valence-electron chi connectivity index (χ3n) is 5.58. The van der Waals surface area contributed by atoms with E-state index in [0.717, 1.165) is 22.2 Å². The summed E-state index contributed by atoms with van der Waals surface area (Å²) < 4.78 is 0. The highest BCUT2D eigenvalue weighted by atomic mass is 16.4. The lowest BCUT2D eigenvalue weighted by Gasteiger charge is -2.43. The largest absolute Gasteiger partial charge is 0.481 e. The molecule has 2 N–H and O–H groups in total. The van der Waals surface area contributed by atoms with Crippen LogP contribution in [0.5, 0.6) is 0 Å². The number of aliphatic carboxylic acids is 1. The maximum atomic E-state index is 13.1. The lowest BCUT2D eigenvalue weighted by Crippen LogP contribution is -2.57. The van der Waals surface area contributed by atoms with Crippen molar-refractivity contribution in [2.24, 2.45) is 5.41 Å². The number of nitrogens with zero attached hydrogens (tertiary/aromatic N) is 2. The van der Waals surface area contributed by atoms with E-state index in [1.54, 1.807) is 17.0 Å². The Hall–Kier alpha value is -2.47. The topological polar surface area (TPSA) is 90.7 Å². The van der Waals surface area contributed by atoms with Crippen LogP contribution in [0.2, 0.25) is 0 Å². The van der Waals surface area contributed by atoms with Gasteiger partial charge < -0.3 is 15.1 Å². The van der Waals surface area contributed by atoms with Gasteiger partial charge in [0.25, 0.3) is 5.91 Å². The van der Waals surface area contributed by atoms with E-state index in [4.69, 9.17) is 0 Å². The van der Waals surface area contributed by atoms with Gasteiger partial charge in [-0.2, -0.15) is 0 Å². The van der Waals surface area contributed by atoms with E-state index >= 15 is 0 Å². The molecule has 0 unspecified atom stereocenters. The molecule has 2 heterocycles. The van der Waals surface area contributed by atoms with Gasteiger partial charge >= 0.3 is 5.97 Å². The van der Waals surface area contributed by atoms with Crippen LogP contribution in [0.3, 0.4) is 0 Å². The number of carbonyl (C=O) groups excluding carboxylic acids is 1. The van der Waals surface area contributed by atoms with Crippen LogP contribution < -0.4 is 0 Å². The Balaban J connectivity index is 1.93. The Morgan fingerprint density at radius 3 is 2.70 bits per heavy atom. The number of likely N-dealkylation sites (tertiary alicyclic amines) is 1. The van der Waals surface area contributed by atoms with Crippen molar-refractivity contribution in [1.82, 2.24) is 9.88 Å². The van der Waals surface area contributed by atoms with Crippen molar-refractivity contribution in [2.45, 2.75) is 46.1 Å². The molecule has 3 rings (SSSR count). The molecule has 6 nitrogen and oxygen atoms in total. The first kappa shape index (κ1) is 19.3. The molecule has 6 heteroatoms. The zero-order valence-corrected chi connectivity index (χ0v) is 16.0. The lowest BCUT2D eigenvalue weighted by atomic mass is 9.74. The van der Waals surface area contributed by atoms with Crippen LogP contribution in [0.4, 0.5) is 0 Å². The molecule has 0 saturated carbocycles. The molecule has 1 aromatic carbocycles. The highest BCUT2D eigenvalue weighted by Crippen LogP contribution is 2.36. The molecule has 144 valence electrons. The van der Waals surface area contributed by atoms with Gasteiger partial charge in [-0.15, -0.1) is 0 Å². The molecule has 0 aliphatic carbocycles. The fraction of sp³-hybridized carbons (Fsp3) is 0.476. The number of fused-ring (bicyclic) bond motifs is 1. The van der Waals surface area contributed by atoms with Crippen LogP contribution in [0.1, 0.15) is 47.8 Å². The number of carboxylic acid groups (broad SMARTS) is 1. The van der Waals surface area contributed by atoms with Crippen molar-refractivity contribution in [3.05, 3.63) is 41.1 Å². The average molecular weight is 370 g/mol. The van der Waals surface area contributed by atoms with E-state index < -0.39 is 17.5 Å². The number of hydrogen-bond donors (Lipinski definition) is 2. The molecule has 0 bridgehead atoms. The predicted molar refractivity (Wildman–Crippen MR) is 103 cm³/mol. The molecule has 1 fully saturated rings. The van der Waals surface area contributed by atoms with Gasteiger partial charge in [-0.1, -0.05) is 19.4 Å². The SMILES string of the molecule is CCC[C@@]1(C(=O)O)CN(C(=O)c2ccc3c(C)cc(C)nc3c2)CC[C@@H]1O. The van der Waals surface area contributed by atoms with Crippen molar-refractivity contribution < 1.29 is 19.8 Å². The third kappa shape index (κ3) is 3.41. The molecular formula is C21H26N2O4. The fourth-order valence-electron chi connectivity index (χ4n) is 4.15. The van der Waals surface area contributed by atoms with Gasteiger partial charge in [0.2, 0.25) is 0 Å². The number of benzene rings is 1. The summed E-state index contributed by atoms with van der Waals surface area (Å²) in [5, 5.41) is 21.1. The summed E-state index contributed by atoms with van der Waals surface area (Å²) in [6, 6.07) is 7.42. The zero-order chi connectivity index (χ0) is 19.8. The number of piperidine rings is 1. The number of carbonyl (C=O) groups is 2. The molecule has 1 aromatic heterocycles. The summed E-state index contributed by atoms with van der Waals surface area (Å²) >= 11 is 0. The van der Waals surface area contributed by atoms with Crippen LogP contribution in [0.25, 0.3) is 10.9 Å². The van der Waals surface area contributed by atoms with Crippen LogP contribution in [0.15, 0.2) is 24.3 Å². The number of aromatic nitrogens is 1. The van der Waals surface area contributed by atoms with Gasteiger partial charge in [-0.05, 0) is 50.5 Å². The maximum absolute atomic E-state index is 13.1. The third-order valence-corrected chi connectivity index (χ3v) is 5.58. The summed E-state index contributed by atoms with van der Waals surface area (Å²) in [6.45, 7) is 6.18. The molecule has 1 aliphatic rings. The number of pyridine rings is 1. The maximum Gasteiger partial charge on any atom is 0.314 e. The zero-order valence-electron chi connectivity index (χ0n) is 16.0. The second-order valence-electron chi connectivity index (χ2n) is 7.55. The highest BCUT2D eigenvalue weighted by molar-refractivity contribution is 5.98. The summed E-state index contributed by atoms with van der Waals surface area (Å²) in [6.07, 6.45) is 0.291. The van der Waals surface area contributed by atoms with Gasteiger partial charge in [-0.25, -0.2) is 0 Å². The van der Waals surface area contributed by atoms with Gasteiger partial charge in [0.15, 0.2) is 0 Å². The fourth-order valence-corrected chi connectivity index (χ4v) is 4.15. The second kappa shape index (κ2) is 7.27. The van der Waals surface area contributed by atoms with Gasteiger partial charge in [0, 0.05) is 29.7 Å². The summed E-state index contributed by atoms with van der Waals surface area (Å²) in [4.78, 5) is 31.1. The van der Waals surface area contributed by atoms with E-state index in [1.807, 2.05) is 32.9 Å². The van der Waals surface area contributed by atoms with Gasteiger partial charge in [0.05, 0.1) is 11.6 Å². The summed E-state index contributed by atoms with van der Waals surface area (Å²) in [5.74, 6) is -1.26. The van der Waals surface area contributed by atoms with Crippen molar-refractivity contribution >= 4 is 22.8 Å². The Kier molecular flexibility index (Phi) is 5.20. The quantitative estimate of drug-likeness (QED) is 0.863. The molecule has 2 atom stereocenters. The van der Waals surface area contributed by atoms with E-state index in [0.29, 0.717) is 24.9 Å². The minimum Gasteiger partial charge on any atom is -0.481 e. The number of carboxylic acids is 1. The first-order valence-electron chi connectivity index (χ1n) is 9.37. The molecular weight excluding hydrogens is 344 g/mol. The van der Waals surface area contributed by atoms with Crippen LogP contribution >= 0.6 is 0 Å². The first-order chi connectivity index (χ1) is 12.8. The lowest BCUT2D eigenvalue weighted by molar-refractivity contribution is -0.162. The molecule has 0 radical (unpaired) electrons. The number of amides is 1. The number of hydrogen-bond acceptors (Lipinski definition) is 4. The Morgan fingerprint density at radius 1 is 1.30 bits per heavy atom. The van der Waals surface area contributed by atoms with Gasteiger partial charge in [0.1, 0.15) is 5.41 Å². The van der Waals surface area contributed by atoms with Crippen molar-refractivity contribution in [2.75, 3.05) is 13.1 Å². The van der Waals surface area contributed by atoms with E-state index in [2.05, 4.69) is 4.98 Å². The Labute approximate surface area is 158 Å². The number of aliphatic hydroxyl groups is 1. The normalized spacial score (nSPS) is 22.8. The second-order valence-corrected chi connectivity index (χ2v) is 7.55.